The highest BCUT2D eigenvalue weighted by Gasteiger charge is 2.34. The minimum Gasteiger partial charge on any atom is -0.466 e. The summed E-state index contributed by atoms with van der Waals surface area (Å²) in [6, 6.07) is 5.00. The van der Waals surface area contributed by atoms with E-state index in [-0.39, 0.29) is 35.5 Å². The molecule has 1 aromatic carbocycles. The Morgan fingerprint density at radius 3 is 2.18 bits per heavy atom. The average molecular weight is 460 g/mol. The second kappa shape index (κ2) is 12.1. The SMILES string of the molecule is CCOC(=O)C1CCCN(C(=O)C(NC(=O)Nc2c(C(C)C)cccc2C(C)C)C(C)C)C1. The minimum atomic E-state index is -0.681. The molecular weight excluding hydrogens is 418 g/mol. The van der Waals surface area contributed by atoms with Gasteiger partial charge in [-0.3, -0.25) is 9.59 Å². The van der Waals surface area contributed by atoms with Crippen LogP contribution < -0.4 is 10.6 Å². The predicted octanol–water partition coefficient (Wildman–Crippen LogP) is 4.88. The third-order valence-corrected chi connectivity index (χ3v) is 6.18. The van der Waals surface area contributed by atoms with Crippen LogP contribution in [0.2, 0.25) is 0 Å². The molecule has 0 spiro atoms. The highest BCUT2D eigenvalue weighted by molar-refractivity contribution is 5.95. The van der Waals surface area contributed by atoms with Crippen molar-refractivity contribution >= 4 is 23.6 Å². The van der Waals surface area contributed by atoms with Crippen molar-refractivity contribution in [2.24, 2.45) is 11.8 Å². The third kappa shape index (κ3) is 6.95. The van der Waals surface area contributed by atoms with E-state index in [0.717, 1.165) is 23.2 Å². The molecule has 1 aliphatic heterocycles. The summed E-state index contributed by atoms with van der Waals surface area (Å²) in [5.74, 6) is -0.333. The molecule has 0 saturated carbocycles. The number of ether oxygens (including phenoxy) is 1. The zero-order valence-corrected chi connectivity index (χ0v) is 21.2. The van der Waals surface area contributed by atoms with Gasteiger partial charge in [0.1, 0.15) is 6.04 Å². The average Bonchev–Trinajstić information content (AvgIpc) is 2.76. The van der Waals surface area contributed by atoms with E-state index < -0.39 is 12.1 Å². The van der Waals surface area contributed by atoms with Gasteiger partial charge in [0.15, 0.2) is 0 Å². The summed E-state index contributed by atoms with van der Waals surface area (Å²) in [5.41, 5.74) is 2.95. The van der Waals surface area contributed by atoms with E-state index in [1.807, 2.05) is 32.0 Å². The number of rotatable bonds is 8. The Balaban J connectivity index is 2.16. The molecule has 2 N–H and O–H groups in total. The van der Waals surface area contributed by atoms with Gasteiger partial charge in [-0.2, -0.15) is 0 Å². The molecule has 2 atom stereocenters. The lowest BCUT2D eigenvalue weighted by Crippen LogP contribution is -2.54. The largest absolute Gasteiger partial charge is 0.466 e. The number of urea groups is 1. The Morgan fingerprint density at radius 2 is 1.67 bits per heavy atom. The maximum absolute atomic E-state index is 13.3. The van der Waals surface area contributed by atoms with Crippen LogP contribution >= 0.6 is 0 Å². The topological polar surface area (TPSA) is 87.7 Å². The monoisotopic (exact) mass is 459 g/mol. The summed E-state index contributed by atoms with van der Waals surface area (Å²) >= 11 is 0. The highest BCUT2D eigenvalue weighted by atomic mass is 16.5. The molecular formula is C26H41N3O4. The van der Waals surface area contributed by atoms with E-state index in [1.54, 1.807) is 11.8 Å². The fraction of sp³-hybridized carbons (Fsp3) is 0.654. The number of hydrogen-bond donors (Lipinski definition) is 2. The molecule has 1 fully saturated rings. The van der Waals surface area contributed by atoms with Crippen LogP contribution in [-0.2, 0) is 14.3 Å². The van der Waals surface area contributed by atoms with Gasteiger partial charge in [-0.05, 0) is 48.6 Å². The first-order valence-corrected chi connectivity index (χ1v) is 12.2. The van der Waals surface area contributed by atoms with Crippen molar-refractivity contribution in [3.8, 4) is 0 Å². The maximum atomic E-state index is 13.3. The summed E-state index contributed by atoms with van der Waals surface area (Å²) in [4.78, 5) is 40.3. The van der Waals surface area contributed by atoms with Gasteiger partial charge in [-0.25, -0.2) is 4.79 Å². The number of nitrogens with zero attached hydrogens (tertiary/aromatic N) is 1. The molecule has 2 unspecified atom stereocenters. The number of esters is 1. The van der Waals surface area contributed by atoms with E-state index in [4.69, 9.17) is 4.74 Å². The first-order valence-electron chi connectivity index (χ1n) is 12.2. The van der Waals surface area contributed by atoms with Crippen molar-refractivity contribution in [1.29, 1.82) is 0 Å². The number of likely N-dealkylation sites (tertiary alicyclic amines) is 1. The molecule has 33 heavy (non-hydrogen) atoms. The van der Waals surface area contributed by atoms with E-state index >= 15 is 0 Å². The molecule has 1 heterocycles. The van der Waals surface area contributed by atoms with Crippen LogP contribution in [0.15, 0.2) is 18.2 Å². The van der Waals surface area contributed by atoms with Gasteiger partial charge in [0, 0.05) is 18.8 Å². The summed E-state index contributed by atoms with van der Waals surface area (Å²) < 4.78 is 5.15. The number of benzene rings is 1. The fourth-order valence-corrected chi connectivity index (χ4v) is 4.33. The molecule has 0 aliphatic carbocycles. The van der Waals surface area contributed by atoms with Gasteiger partial charge >= 0.3 is 12.0 Å². The lowest BCUT2D eigenvalue weighted by molar-refractivity contribution is -0.151. The molecule has 2 rings (SSSR count). The quantitative estimate of drug-likeness (QED) is 0.542. The summed E-state index contributed by atoms with van der Waals surface area (Å²) in [6.45, 7) is 15.2. The number of nitrogens with one attached hydrogen (secondary N) is 2. The van der Waals surface area contributed by atoms with E-state index in [0.29, 0.717) is 26.1 Å². The minimum absolute atomic E-state index is 0.101. The van der Waals surface area contributed by atoms with Crippen molar-refractivity contribution in [3.05, 3.63) is 29.3 Å². The number of para-hydroxylation sites is 1. The standard InChI is InChI=1S/C26H41N3O4/c1-8-33-25(31)19-11-10-14-29(15-19)24(30)22(18(6)7)27-26(32)28-23-20(16(2)3)12-9-13-21(23)17(4)5/h9,12-13,16-19,22H,8,10-11,14-15H2,1-7H3,(H2,27,28,32). The van der Waals surface area contributed by atoms with Crippen LogP contribution in [0.5, 0.6) is 0 Å². The molecule has 1 aliphatic rings. The number of piperidine rings is 1. The van der Waals surface area contributed by atoms with Gasteiger partial charge in [0.05, 0.1) is 12.5 Å². The zero-order valence-electron chi connectivity index (χ0n) is 21.2. The number of carbonyl (C=O) groups is 3. The summed E-state index contributed by atoms with van der Waals surface area (Å²) in [7, 11) is 0. The normalized spacial score (nSPS) is 17.3. The summed E-state index contributed by atoms with van der Waals surface area (Å²) in [5, 5.41) is 5.94. The van der Waals surface area contributed by atoms with E-state index in [2.05, 4.69) is 38.3 Å². The van der Waals surface area contributed by atoms with Gasteiger partial charge in [0.25, 0.3) is 0 Å². The molecule has 0 radical (unpaired) electrons. The van der Waals surface area contributed by atoms with Crippen LogP contribution in [0, 0.1) is 11.8 Å². The van der Waals surface area contributed by atoms with Crippen molar-refractivity contribution in [3.63, 3.8) is 0 Å². The van der Waals surface area contributed by atoms with Crippen molar-refractivity contribution in [2.75, 3.05) is 25.0 Å². The Kier molecular flexibility index (Phi) is 9.74. The van der Waals surface area contributed by atoms with Crippen molar-refractivity contribution in [1.82, 2.24) is 10.2 Å². The Bertz CT molecular complexity index is 809. The van der Waals surface area contributed by atoms with Crippen molar-refractivity contribution in [2.45, 2.75) is 79.2 Å². The molecule has 0 bridgehead atoms. The number of carbonyl (C=O) groups excluding carboxylic acids is 3. The molecule has 1 saturated heterocycles. The number of hydrogen-bond acceptors (Lipinski definition) is 4. The van der Waals surface area contributed by atoms with Crippen LogP contribution in [-0.4, -0.2) is 48.5 Å². The highest BCUT2D eigenvalue weighted by Crippen LogP contribution is 2.32. The van der Waals surface area contributed by atoms with Gasteiger partial charge < -0.3 is 20.3 Å². The Morgan fingerprint density at radius 1 is 1.06 bits per heavy atom. The first-order chi connectivity index (χ1) is 15.6. The number of anilines is 1. The van der Waals surface area contributed by atoms with Crippen LogP contribution in [0.25, 0.3) is 0 Å². The molecule has 7 nitrogen and oxygen atoms in total. The van der Waals surface area contributed by atoms with Gasteiger partial charge in [0.2, 0.25) is 5.91 Å². The van der Waals surface area contributed by atoms with Gasteiger partial charge in [-0.1, -0.05) is 59.7 Å². The molecule has 1 aromatic rings. The predicted molar refractivity (Wildman–Crippen MR) is 131 cm³/mol. The van der Waals surface area contributed by atoms with Crippen LogP contribution in [0.3, 0.4) is 0 Å². The van der Waals surface area contributed by atoms with E-state index in [1.165, 1.54) is 0 Å². The Labute approximate surface area is 198 Å². The van der Waals surface area contributed by atoms with Crippen LogP contribution in [0.4, 0.5) is 10.5 Å². The molecule has 0 aromatic heterocycles. The Hall–Kier alpha value is -2.57. The third-order valence-electron chi connectivity index (χ3n) is 6.18. The fourth-order valence-electron chi connectivity index (χ4n) is 4.33. The lowest BCUT2D eigenvalue weighted by Gasteiger charge is -2.35. The zero-order chi connectivity index (χ0) is 24.7. The number of amides is 3. The van der Waals surface area contributed by atoms with E-state index in [9.17, 15) is 14.4 Å². The first kappa shape index (κ1) is 26.7. The second-order valence-corrected chi connectivity index (χ2v) is 9.82. The van der Waals surface area contributed by atoms with Crippen LogP contribution in [0.1, 0.15) is 84.3 Å². The second-order valence-electron chi connectivity index (χ2n) is 9.82. The lowest BCUT2D eigenvalue weighted by atomic mass is 9.92. The molecule has 3 amide bonds. The smallest absolute Gasteiger partial charge is 0.319 e. The van der Waals surface area contributed by atoms with Crippen molar-refractivity contribution < 1.29 is 19.1 Å². The maximum Gasteiger partial charge on any atom is 0.319 e. The summed E-state index contributed by atoms with van der Waals surface area (Å²) in [6.07, 6.45) is 1.46. The van der Waals surface area contributed by atoms with Gasteiger partial charge in [-0.15, -0.1) is 0 Å². The molecule has 184 valence electrons. The molecule has 7 heteroatoms.